The number of nitrogen functional groups attached to an aromatic ring is 1. The van der Waals surface area contributed by atoms with Crippen LogP contribution in [-0.4, -0.2) is 9.55 Å². The minimum atomic E-state index is 0.786. The number of rotatable bonds is 3. The van der Waals surface area contributed by atoms with Crippen molar-refractivity contribution in [1.29, 1.82) is 0 Å². The van der Waals surface area contributed by atoms with Gasteiger partial charge in [-0.15, -0.1) is 0 Å². The van der Waals surface area contributed by atoms with E-state index in [4.69, 9.17) is 10.7 Å². The minimum absolute atomic E-state index is 0.786. The van der Waals surface area contributed by atoms with Gasteiger partial charge >= 0.3 is 0 Å². The Morgan fingerprint density at radius 1 is 1.11 bits per heavy atom. The van der Waals surface area contributed by atoms with Crippen LogP contribution in [0.4, 0.5) is 5.82 Å². The molecule has 0 spiro atoms. The molecule has 0 bridgehead atoms. The third-order valence-corrected chi connectivity index (χ3v) is 3.63. The third-order valence-electron chi connectivity index (χ3n) is 3.63. The summed E-state index contributed by atoms with van der Waals surface area (Å²) in [5.41, 5.74) is 12.2. The van der Waals surface area contributed by atoms with Crippen LogP contribution in [0.3, 0.4) is 0 Å². The molecule has 2 rings (SSSR count). The largest absolute Gasteiger partial charge is 0.383 e. The van der Waals surface area contributed by atoms with Crippen LogP contribution >= 0.6 is 0 Å². The lowest BCUT2D eigenvalue weighted by Gasteiger charge is -2.10. The Morgan fingerprint density at radius 2 is 1.68 bits per heavy atom. The van der Waals surface area contributed by atoms with Crippen molar-refractivity contribution in [2.45, 2.75) is 47.6 Å². The van der Waals surface area contributed by atoms with Crippen LogP contribution in [0.25, 0.3) is 11.3 Å². The van der Waals surface area contributed by atoms with Crippen LogP contribution in [0.2, 0.25) is 0 Å². The van der Waals surface area contributed by atoms with E-state index in [1.807, 2.05) is 0 Å². The average Bonchev–Trinajstić information content (AvgIpc) is 2.65. The number of anilines is 1. The lowest BCUT2D eigenvalue weighted by atomic mass is 9.97. The third kappa shape index (κ3) is 2.25. The van der Waals surface area contributed by atoms with Gasteiger partial charge < -0.3 is 10.3 Å². The summed E-state index contributed by atoms with van der Waals surface area (Å²) in [6.07, 6.45) is 0.905. The predicted molar refractivity (Wildman–Crippen MR) is 81.3 cm³/mol. The SMILES string of the molecule is CCc1nc(-c2c(C)cc(C)cc2C)c(N)n1CC. The molecule has 0 amide bonds. The topological polar surface area (TPSA) is 43.8 Å². The number of hydrogen-bond donors (Lipinski definition) is 1. The Kier molecular flexibility index (Phi) is 3.65. The molecule has 19 heavy (non-hydrogen) atoms. The summed E-state index contributed by atoms with van der Waals surface area (Å²) in [7, 11) is 0. The van der Waals surface area contributed by atoms with Gasteiger partial charge in [-0.05, 0) is 38.8 Å². The quantitative estimate of drug-likeness (QED) is 0.912. The molecule has 0 aliphatic carbocycles. The van der Waals surface area contributed by atoms with Crippen molar-refractivity contribution < 1.29 is 0 Å². The van der Waals surface area contributed by atoms with Crippen molar-refractivity contribution in [3.8, 4) is 11.3 Å². The highest BCUT2D eigenvalue weighted by Gasteiger charge is 2.17. The van der Waals surface area contributed by atoms with Gasteiger partial charge in [0.1, 0.15) is 17.3 Å². The van der Waals surface area contributed by atoms with Crippen molar-refractivity contribution in [1.82, 2.24) is 9.55 Å². The van der Waals surface area contributed by atoms with E-state index in [1.165, 1.54) is 22.3 Å². The maximum atomic E-state index is 6.30. The van der Waals surface area contributed by atoms with Gasteiger partial charge in [-0.25, -0.2) is 4.98 Å². The molecule has 0 fully saturated rings. The first kappa shape index (κ1) is 13.7. The summed E-state index contributed by atoms with van der Waals surface area (Å²) in [5.74, 6) is 1.85. The molecule has 1 aromatic carbocycles. The number of aryl methyl sites for hydroxylation is 4. The standard InChI is InChI=1S/C16H23N3/c1-6-13-18-15(16(17)19(13)7-2)14-11(4)8-10(3)9-12(14)5/h8-9H,6-7,17H2,1-5H3. The Labute approximate surface area is 115 Å². The molecular weight excluding hydrogens is 234 g/mol. The van der Waals surface area contributed by atoms with Crippen LogP contribution < -0.4 is 5.73 Å². The van der Waals surface area contributed by atoms with Crippen molar-refractivity contribution >= 4 is 5.82 Å². The van der Waals surface area contributed by atoms with Gasteiger partial charge in [0.2, 0.25) is 0 Å². The minimum Gasteiger partial charge on any atom is -0.383 e. The lowest BCUT2D eigenvalue weighted by Crippen LogP contribution is -2.04. The fraction of sp³-hybridized carbons (Fsp3) is 0.438. The normalized spacial score (nSPS) is 11.0. The average molecular weight is 257 g/mol. The Bertz CT molecular complexity index is 586. The maximum absolute atomic E-state index is 6.30. The summed E-state index contributed by atoms with van der Waals surface area (Å²) in [4.78, 5) is 4.76. The molecule has 0 atom stereocenters. The monoisotopic (exact) mass is 257 g/mol. The molecule has 2 N–H and O–H groups in total. The second-order valence-electron chi connectivity index (χ2n) is 5.13. The number of nitrogens with zero attached hydrogens (tertiary/aromatic N) is 2. The summed E-state index contributed by atoms with van der Waals surface area (Å²) >= 11 is 0. The predicted octanol–water partition coefficient (Wildman–Crippen LogP) is 3.64. The molecular formula is C16H23N3. The van der Waals surface area contributed by atoms with Gasteiger partial charge in [-0.3, -0.25) is 0 Å². The van der Waals surface area contributed by atoms with E-state index in [1.54, 1.807) is 0 Å². The highest BCUT2D eigenvalue weighted by atomic mass is 15.1. The molecule has 1 aromatic heterocycles. The van der Waals surface area contributed by atoms with Crippen LogP contribution in [0, 0.1) is 20.8 Å². The number of aromatic nitrogens is 2. The second kappa shape index (κ2) is 5.08. The van der Waals surface area contributed by atoms with Gasteiger partial charge in [-0.1, -0.05) is 24.6 Å². The number of hydrogen-bond acceptors (Lipinski definition) is 2. The van der Waals surface area contributed by atoms with Gasteiger partial charge in [0.15, 0.2) is 0 Å². The van der Waals surface area contributed by atoms with Gasteiger partial charge in [-0.2, -0.15) is 0 Å². The Morgan fingerprint density at radius 3 is 2.11 bits per heavy atom. The zero-order chi connectivity index (χ0) is 14.2. The molecule has 102 valence electrons. The van der Waals surface area contributed by atoms with E-state index in [0.29, 0.717) is 0 Å². The molecule has 0 radical (unpaired) electrons. The maximum Gasteiger partial charge on any atom is 0.131 e. The van der Waals surface area contributed by atoms with Gasteiger partial charge in [0, 0.05) is 18.5 Å². The molecule has 3 heteroatoms. The smallest absolute Gasteiger partial charge is 0.131 e. The Hall–Kier alpha value is -1.77. The first-order valence-electron chi connectivity index (χ1n) is 6.92. The molecule has 0 aliphatic rings. The molecule has 0 unspecified atom stereocenters. The zero-order valence-electron chi connectivity index (χ0n) is 12.5. The van der Waals surface area contributed by atoms with Crippen LogP contribution in [-0.2, 0) is 13.0 Å². The fourth-order valence-electron chi connectivity index (χ4n) is 2.87. The highest BCUT2D eigenvalue weighted by molar-refractivity contribution is 5.76. The van der Waals surface area contributed by atoms with E-state index in [0.717, 1.165) is 30.3 Å². The number of imidazole rings is 1. The van der Waals surface area contributed by atoms with E-state index in [-0.39, 0.29) is 0 Å². The molecule has 1 heterocycles. The van der Waals surface area contributed by atoms with E-state index < -0.39 is 0 Å². The molecule has 0 aliphatic heterocycles. The van der Waals surface area contributed by atoms with Gasteiger partial charge in [0.05, 0.1) is 0 Å². The van der Waals surface area contributed by atoms with Crippen molar-refractivity contribution in [2.75, 3.05) is 5.73 Å². The van der Waals surface area contributed by atoms with E-state index >= 15 is 0 Å². The summed E-state index contributed by atoms with van der Waals surface area (Å²) in [5, 5.41) is 0. The summed E-state index contributed by atoms with van der Waals surface area (Å²) < 4.78 is 2.11. The summed E-state index contributed by atoms with van der Waals surface area (Å²) in [6.45, 7) is 11.5. The first-order valence-corrected chi connectivity index (χ1v) is 6.92. The number of nitrogens with two attached hydrogens (primary N) is 1. The lowest BCUT2D eigenvalue weighted by molar-refractivity contribution is 0.713. The van der Waals surface area contributed by atoms with Crippen LogP contribution in [0.15, 0.2) is 12.1 Å². The van der Waals surface area contributed by atoms with Crippen LogP contribution in [0.1, 0.15) is 36.4 Å². The number of benzene rings is 1. The van der Waals surface area contributed by atoms with Crippen molar-refractivity contribution in [3.63, 3.8) is 0 Å². The molecule has 2 aromatic rings. The summed E-state index contributed by atoms with van der Waals surface area (Å²) in [6, 6.07) is 4.39. The fourth-order valence-corrected chi connectivity index (χ4v) is 2.87. The van der Waals surface area contributed by atoms with E-state index in [2.05, 4.69) is 51.3 Å². The molecule has 0 saturated heterocycles. The highest BCUT2D eigenvalue weighted by Crippen LogP contribution is 2.32. The van der Waals surface area contributed by atoms with Crippen molar-refractivity contribution in [2.24, 2.45) is 0 Å². The zero-order valence-corrected chi connectivity index (χ0v) is 12.5. The van der Waals surface area contributed by atoms with Crippen LogP contribution in [0.5, 0.6) is 0 Å². The van der Waals surface area contributed by atoms with Gasteiger partial charge in [0.25, 0.3) is 0 Å². The Balaban J connectivity index is 2.69. The first-order chi connectivity index (χ1) is 8.99. The molecule has 3 nitrogen and oxygen atoms in total. The second-order valence-corrected chi connectivity index (χ2v) is 5.13. The molecule has 0 saturated carbocycles. The van der Waals surface area contributed by atoms with Crippen molar-refractivity contribution in [3.05, 3.63) is 34.6 Å². The van der Waals surface area contributed by atoms with E-state index in [9.17, 15) is 0 Å².